The molecule has 1 unspecified atom stereocenters. The maximum Gasteiger partial charge on any atom is 0.0630 e. The van der Waals surface area contributed by atoms with Crippen molar-refractivity contribution in [1.82, 2.24) is 10.2 Å². The van der Waals surface area contributed by atoms with Crippen molar-refractivity contribution in [3.8, 4) is 0 Å². The first-order valence-corrected chi connectivity index (χ1v) is 5.83. The third kappa shape index (κ3) is 6.77. The second-order valence-corrected chi connectivity index (χ2v) is 4.20. The number of rotatable bonds is 10. The van der Waals surface area contributed by atoms with Crippen LogP contribution in [0.15, 0.2) is 25.3 Å². The molecule has 0 heterocycles. The van der Waals surface area contributed by atoms with Crippen LogP contribution in [-0.2, 0) is 4.74 Å². The van der Waals surface area contributed by atoms with Gasteiger partial charge in [0.15, 0.2) is 0 Å². The summed E-state index contributed by atoms with van der Waals surface area (Å²) in [5.74, 6) is 0. The van der Waals surface area contributed by atoms with Gasteiger partial charge in [-0.3, -0.25) is 4.90 Å². The van der Waals surface area contributed by atoms with Crippen molar-refractivity contribution in [3.63, 3.8) is 0 Å². The van der Waals surface area contributed by atoms with Crippen LogP contribution >= 0.6 is 0 Å². The minimum absolute atomic E-state index is 0.364. The molecule has 0 saturated heterocycles. The van der Waals surface area contributed by atoms with Crippen molar-refractivity contribution < 1.29 is 4.74 Å². The smallest absolute Gasteiger partial charge is 0.0630 e. The Balaban J connectivity index is 4.29. The molecule has 0 rings (SSSR count). The van der Waals surface area contributed by atoms with Gasteiger partial charge in [-0.15, -0.1) is 13.2 Å². The van der Waals surface area contributed by atoms with Gasteiger partial charge in [-0.25, -0.2) is 0 Å². The van der Waals surface area contributed by atoms with E-state index >= 15 is 0 Å². The minimum Gasteiger partial charge on any atom is -0.383 e. The van der Waals surface area contributed by atoms with Crippen LogP contribution in [0.2, 0.25) is 0 Å². The van der Waals surface area contributed by atoms with E-state index in [1.165, 1.54) is 0 Å². The number of nitrogens with one attached hydrogen (secondary N) is 1. The van der Waals surface area contributed by atoms with Crippen molar-refractivity contribution in [2.75, 3.05) is 33.4 Å². The van der Waals surface area contributed by atoms with E-state index in [1.807, 2.05) is 12.2 Å². The lowest BCUT2D eigenvalue weighted by Gasteiger charge is -2.30. The molecule has 0 aliphatic heterocycles. The minimum atomic E-state index is 0.364. The summed E-state index contributed by atoms with van der Waals surface area (Å²) < 4.78 is 5.26. The number of hydrogen-bond acceptors (Lipinski definition) is 3. The lowest BCUT2D eigenvalue weighted by Crippen LogP contribution is -2.46. The second kappa shape index (κ2) is 9.58. The molecule has 0 aromatic rings. The first-order chi connectivity index (χ1) is 7.65. The Labute approximate surface area is 100 Å². The quantitative estimate of drug-likeness (QED) is 0.574. The summed E-state index contributed by atoms with van der Waals surface area (Å²) in [7, 11) is 1.74. The Morgan fingerprint density at radius 1 is 1.25 bits per heavy atom. The Hall–Kier alpha value is -0.640. The molecule has 3 heteroatoms. The van der Waals surface area contributed by atoms with Gasteiger partial charge >= 0.3 is 0 Å². The number of methoxy groups -OCH3 is 1. The van der Waals surface area contributed by atoms with Gasteiger partial charge in [0.1, 0.15) is 0 Å². The summed E-state index contributed by atoms with van der Waals surface area (Å²) in [5, 5.41) is 3.44. The highest BCUT2D eigenvalue weighted by Crippen LogP contribution is 2.01. The molecule has 1 N–H and O–H groups in total. The number of ether oxygens (including phenoxy) is 1. The standard InChI is InChI=1S/C13H26N2O/c1-6-8-15(9-7-2)13(11-16-5)10-14-12(3)4/h6-7,12-14H,1-2,8-11H2,3-5H3. The van der Waals surface area contributed by atoms with Crippen molar-refractivity contribution in [2.45, 2.75) is 25.9 Å². The molecule has 0 spiro atoms. The highest BCUT2D eigenvalue weighted by atomic mass is 16.5. The van der Waals surface area contributed by atoms with Gasteiger partial charge in [-0.1, -0.05) is 26.0 Å². The van der Waals surface area contributed by atoms with Crippen molar-refractivity contribution >= 4 is 0 Å². The predicted molar refractivity (Wildman–Crippen MR) is 70.8 cm³/mol. The van der Waals surface area contributed by atoms with E-state index in [9.17, 15) is 0 Å². The van der Waals surface area contributed by atoms with Crippen LogP contribution in [0.4, 0.5) is 0 Å². The summed E-state index contributed by atoms with van der Waals surface area (Å²) >= 11 is 0. The van der Waals surface area contributed by atoms with Crippen LogP contribution in [0, 0.1) is 0 Å². The van der Waals surface area contributed by atoms with E-state index in [1.54, 1.807) is 7.11 Å². The van der Waals surface area contributed by atoms with Crippen LogP contribution in [0.5, 0.6) is 0 Å². The van der Waals surface area contributed by atoms with Crippen molar-refractivity contribution in [1.29, 1.82) is 0 Å². The lowest BCUT2D eigenvalue weighted by atomic mass is 10.2. The summed E-state index contributed by atoms with van der Waals surface area (Å²) in [6.45, 7) is 15.2. The van der Waals surface area contributed by atoms with Crippen LogP contribution in [0.25, 0.3) is 0 Å². The summed E-state index contributed by atoms with van der Waals surface area (Å²) in [6, 6.07) is 0.858. The van der Waals surface area contributed by atoms with E-state index in [0.29, 0.717) is 12.1 Å². The van der Waals surface area contributed by atoms with E-state index in [0.717, 1.165) is 26.2 Å². The molecule has 0 aromatic heterocycles. The van der Waals surface area contributed by atoms with Crippen LogP contribution in [-0.4, -0.2) is 50.3 Å². The molecule has 0 saturated carbocycles. The van der Waals surface area contributed by atoms with Crippen LogP contribution < -0.4 is 5.32 Å². The Kier molecular flexibility index (Phi) is 9.19. The molecular formula is C13H26N2O. The largest absolute Gasteiger partial charge is 0.383 e. The topological polar surface area (TPSA) is 24.5 Å². The predicted octanol–water partition coefficient (Wildman–Crippen LogP) is 1.67. The van der Waals surface area contributed by atoms with E-state index in [2.05, 4.69) is 37.2 Å². The number of nitrogens with zero attached hydrogens (tertiary/aromatic N) is 1. The molecule has 0 bridgehead atoms. The van der Waals surface area contributed by atoms with Crippen molar-refractivity contribution in [3.05, 3.63) is 25.3 Å². The molecule has 0 fully saturated rings. The van der Waals surface area contributed by atoms with Crippen LogP contribution in [0.1, 0.15) is 13.8 Å². The van der Waals surface area contributed by atoms with Gasteiger partial charge in [-0.05, 0) is 0 Å². The zero-order chi connectivity index (χ0) is 12.4. The van der Waals surface area contributed by atoms with Gasteiger partial charge in [0.2, 0.25) is 0 Å². The molecule has 0 radical (unpaired) electrons. The highest BCUT2D eigenvalue weighted by Gasteiger charge is 2.16. The summed E-state index contributed by atoms with van der Waals surface area (Å²) in [4.78, 5) is 2.30. The average Bonchev–Trinajstić information content (AvgIpc) is 2.24. The zero-order valence-corrected chi connectivity index (χ0v) is 10.9. The van der Waals surface area contributed by atoms with Gasteiger partial charge in [-0.2, -0.15) is 0 Å². The molecule has 94 valence electrons. The second-order valence-electron chi connectivity index (χ2n) is 4.20. The monoisotopic (exact) mass is 226 g/mol. The highest BCUT2D eigenvalue weighted by molar-refractivity contribution is 4.85. The van der Waals surface area contributed by atoms with Gasteiger partial charge in [0, 0.05) is 38.8 Å². The molecule has 0 amide bonds. The van der Waals surface area contributed by atoms with E-state index in [4.69, 9.17) is 4.74 Å². The first kappa shape index (κ1) is 15.4. The summed E-state index contributed by atoms with van der Waals surface area (Å²) in [5.41, 5.74) is 0. The van der Waals surface area contributed by atoms with Gasteiger partial charge in [0.25, 0.3) is 0 Å². The molecular weight excluding hydrogens is 200 g/mol. The van der Waals surface area contributed by atoms with Crippen LogP contribution in [0.3, 0.4) is 0 Å². The fourth-order valence-electron chi connectivity index (χ4n) is 1.56. The molecule has 0 aromatic carbocycles. The third-order valence-electron chi connectivity index (χ3n) is 2.36. The SMILES string of the molecule is C=CCN(CC=C)C(CNC(C)C)COC. The normalized spacial score (nSPS) is 13.1. The van der Waals surface area contributed by atoms with Gasteiger partial charge in [0.05, 0.1) is 6.61 Å². The van der Waals surface area contributed by atoms with E-state index in [-0.39, 0.29) is 0 Å². The molecule has 3 nitrogen and oxygen atoms in total. The third-order valence-corrected chi connectivity index (χ3v) is 2.36. The molecule has 0 aliphatic rings. The molecule has 16 heavy (non-hydrogen) atoms. The maximum absolute atomic E-state index is 5.26. The summed E-state index contributed by atoms with van der Waals surface area (Å²) in [6.07, 6.45) is 3.84. The fourth-order valence-corrected chi connectivity index (χ4v) is 1.56. The Morgan fingerprint density at radius 3 is 2.19 bits per heavy atom. The molecule has 0 aliphatic carbocycles. The Morgan fingerprint density at radius 2 is 1.81 bits per heavy atom. The fraction of sp³-hybridized carbons (Fsp3) is 0.692. The lowest BCUT2D eigenvalue weighted by molar-refractivity contribution is 0.102. The number of hydrogen-bond donors (Lipinski definition) is 1. The van der Waals surface area contributed by atoms with Gasteiger partial charge < -0.3 is 10.1 Å². The average molecular weight is 226 g/mol. The maximum atomic E-state index is 5.26. The molecule has 1 atom stereocenters. The zero-order valence-electron chi connectivity index (χ0n) is 10.9. The Bertz CT molecular complexity index is 182. The first-order valence-electron chi connectivity index (χ1n) is 5.83. The van der Waals surface area contributed by atoms with Crippen molar-refractivity contribution in [2.24, 2.45) is 0 Å². The van der Waals surface area contributed by atoms with E-state index < -0.39 is 0 Å².